The zero-order valence-corrected chi connectivity index (χ0v) is 14.2. The lowest BCUT2D eigenvalue weighted by atomic mass is 9.95. The molecular weight excluding hydrogens is 312 g/mol. The summed E-state index contributed by atoms with van der Waals surface area (Å²) in [6, 6.07) is 3.94. The number of fused-ring (bicyclic) bond motifs is 1. The van der Waals surface area contributed by atoms with E-state index < -0.39 is 11.0 Å². The molecule has 0 fully saturated rings. The minimum atomic E-state index is -0.611. The number of rotatable bonds is 6. The average Bonchev–Trinajstić information content (AvgIpc) is 2.56. The Bertz CT molecular complexity index is 618. The fourth-order valence-corrected chi connectivity index (χ4v) is 2.68. The van der Waals surface area contributed by atoms with Crippen LogP contribution < -0.4 is 16.0 Å². The van der Waals surface area contributed by atoms with Gasteiger partial charge in [-0.15, -0.1) is 0 Å². The highest BCUT2D eigenvalue weighted by Crippen LogP contribution is 2.32. The normalized spacial score (nSPS) is 16.2. The summed E-state index contributed by atoms with van der Waals surface area (Å²) in [5.41, 5.74) is 2.16. The number of nitrogens with one attached hydrogen (secondary N) is 3. The van der Waals surface area contributed by atoms with Crippen LogP contribution in [0.15, 0.2) is 12.1 Å². The molecule has 1 aliphatic heterocycles. The Morgan fingerprint density at radius 1 is 1.50 bits per heavy atom. The van der Waals surface area contributed by atoms with Crippen LogP contribution in [0.2, 0.25) is 0 Å². The molecule has 8 heteroatoms. The Morgan fingerprint density at radius 3 is 2.88 bits per heavy atom. The van der Waals surface area contributed by atoms with Crippen molar-refractivity contribution in [3.63, 3.8) is 0 Å². The van der Waals surface area contributed by atoms with E-state index in [-0.39, 0.29) is 18.3 Å². The van der Waals surface area contributed by atoms with Crippen LogP contribution in [-0.2, 0) is 17.8 Å². The van der Waals surface area contributed by atoms with E-state index in [9.17, 15) is 14.9 Å². The van der Waals surface area contributed by atoms with Gasteiger partial charge in [-0.05, 0) is 24.5 Å². The Balaban J connectivity index is 2.17. The van der Waals surface area contributed by atoms with Crippen molar-refractivity contribution in [3.05, 3.63) is 33.4 Å². The van der Waals surface area contributed by atoms with E-state index >= 15 is 0 Å². The van der Waals surface area contributed by atoms with E-state index in [4.69, 9.17) is 4.74 Å². The SMILES string of the molecule is CNC(=O)OCc1cc2c(cc1[N+](=O)[O-])NC(CNC(C)C)CC2. The summed E-state index contributed by atoms with van der Waals surface area (Å²) >= 11 is 0. The van der Waals surface area contributed by atoms with E-state index in [1.54, 1.807) is 12.1 Å². The van der Waals surface area contributed by atoms with Gasteiger partial charge in [-0.25, -0.2) is 4.79 Å². The smallest absolute Gasteiger partial charge is 0.407 e. The third kappa shape index (κ3) is 4.58. The van der Waals surface area contributed by atoms with Crippen molar-refractivity contribution < 1.29 is 14.5 Å². The number of benzene rings is 1. The van der Waals surface area contributed by atoms with Crippen molar-refractivity contribution in [1.82, 2.24) is 10.6 Å². The van der Waals surface area contributed by atoms with Crippen LogP contribution in [0.3, 0.4) is 0 Å². The molecule has 1 aliphatic rings. The molecular formula is C16H24N4O4. The fourth-order valence-electron chi connectivity index (χ4n) is 2.68. The summed E-state index contributed by atoms with van der Waals surface area (Å²) in [5, 5.41) is 20.4. The highest BCUT2D eigenvalue weighted by Gasteiger charge is 2.24. The minimum absolute atomic E-state index is 0.0392. The molecule has 1 aromatic rings. The van der Waals surface area contributed by atoms with Crippen molar-refractivity contribution in [1.29, 1.82) is 0 Å². The first kappa shape index (κ1) is 18.0. The molecule has 24 heavy (non-hydrogen) atoms. The zero-order valence-electron chi connectivity index (χ0n) is 14.2. The van der Waals surface area contributed by atoms with Gasteiger partial charge < -0.3 is 20.7 Å². The lowest BCUT2D eigenvalue weighted by Gasteiger charge is -2.28. The number of hydrogen-bond donors (Lipinski definition) is 3. The molecule has 1 unspecified atom stereocenters. The van der Waals surface area contributed by atoms with Crippen molar-refractivity contribution in [3.8, 4) is 0 Å². The summed E-state index contributed by atoms with van der Waals surface area (Å²) in [6.07, 6.45) is 1.16. The van der Waals surface area contributed by atoms with Gasteiger partial charge >= 0.3 is 6.09 Å². The quantitative estimate of drug-likeness (QED) is 0.543. The molecule has 1 aromatic carbocycles. The molecule has 2 rings (SSSR count). The zero-order chi connectivity index (χ0) is 17.7. The second-order valence-electron chi connectivity index (χ2n) is 6.16. The van der Waals surface area contributed by atoms with Crippen LogP contribution in [0.1, 0.15) is 31.4 Å². The number of aryl methyl sites for hydroxylation is 1. The van der Waals surface area contributed by atoms with Crippen molar-refractivity contribution in [2.75, 3.05) is 18.9 Å². The van der Waals surface area contributed by atoms with Crippen LogP contribution in [0.4, 0.5) is 16.2 Å². The number of anilines is 1. The van der Waals surface area contributed by atoms with E-state index in [1.165, 1.54) is 7.05 Å². The van der Waals surface area contributed by atoms with E-state index in [1.807, 2.05) is 0 Å². The molecule has 0 saturated carbocycles. The number of hydrogen-bond acceptors (Lipinski definition) is 6. The van der Waals surface area contributed by atoms with Gasteiger partial charge in [-0.3, -0.25) is 10.1 Å². The molecule has 0 saturated heterocycles. The molecule has 1 atom stereocenters. The number of nitrogens with zero attached hydrogens (tertiary/aromatic N) is 1. The maximum Gasteiger partial charge on any atom is 0.407 e. The Morgan fingerprint density at radius 2 is 2.25 bits per heavy atom. The maximum absolute atomic E-state index is 11.3. The van der Waals surface area contributed by atoms with E-state index in [0.717, 1.165) is 30.6 Å². The number of ether oxygens (including phenoxy) is 1. The number of carbonyl (C=O) groups excluding carboxylic acids is 1. The van der Waals surface area contributed by atoms with Crippen molar-refractivity contribution in [2.24, 2.45) is 0 Å². The lowest BCUT2D eigenvalue weighted by Crippen LogP contribution is -2.38. The van der Waals surface area contributed by atoms with Crippen LogP contribution in [0.25, 0.3) is 0 Å². The summed E-state index contributed by atoms with van der Waals surface area (Å²) in [4.78, 5) is 22.1. The number of nitro groups is 1. The molecule has 132 valence electrons. The average molecular weight is 336 g/mol. The first-order chi connectivity index (χ1) is 11.4. The van der Waals surface area contributed by atoms with Gasteiger partial charge in [0.15, 0.2) is 0 Å². The van der Waals surface area contributed by atoms with Crippen LogP contribution >= 0.6 is 0 Å². The molecule has 0 bridgehead atoms. The summed E-state index contributed by atoms with van der Waals surface area (Å²) < 4.78 is 4.96. The van der Waals surface area contributed by atoms with Gasteiger partial charge in [0.25, 0.3) is 5.69 Å². The molecule has 3 N–H and O–H groups in total. The number of alkyl carbamates (subject to hydrolysis) is 1. The Hall–Kier alpha value is -2.35. The second-order valence-corrected chi connectivity index (χ2v) is 6.16. The van der Waals surface area contributed by atoms with Gasteiger partial charge in [-0.2, -0.15) is 0 Å². The molecule has 0 aromatic heterocycles. The molecule has 1 amide bonds. The van der Waals surface area contributed by atoms with Gasteiger partial charge in [0, 0.05) is 37.4 Å². The van der Waals surface area contributed by atoms with Crippen LogP contribution in [0.5, 0.6) is 0 Å². The number of amides is 1. The van der Waals surface area contributed by atoms with Crippen LogP contribution in [-0.4, -0.2) is 36.7 Å². The summed E-state index contributed by atoms with van der Waals surface area (Å²) in [6.45, 7) is 4.86. The first-order valence-electron chi connectivity index (χ1n) is 8.05. The largest absolute Gasteiger partial charge is 0.444 e. The summed E-state index contributed by atoms with van der Waals surface area (Å²) in [7, 11) is 1.44. The Kier molecular flexibility index (Phi) is 5.97. The van der Waals surface area contributed by atoms with Gasteiger partial charge in [0.05, 0.1) is 10.5 Å². The first-order valence-corrected chi connectivity index (χ1v) is 8.05. The van der Waals surface area contributed by atoms with E-state index in [0.29, 0.717) is 11.6 Å². The predicted octanol–water partition coefficient (Wildman–Crippen LogP) is 2.18. The van der Waals surface area contributed by atoms with Crippen LogP contribution in [0, 0.1) is 10.1 Å². The van der Waals surface area contributed by atoms with Crippen molar-refractivity contribution >= 4 is 17.5 Å². The molecule has 1 heterocycles. The molecule has 0 radical (unpaired) electrons. The third-order valence-corrected chi connectivity index (χ3v) is 3.96. The lowest BCUT2D eigenvalue weighted by molar-refractivity contribution is -0.385. The third-order valence-electron chi connectivity index (χ3n) is 3.96. The van der Waals surface area contributed by atoms with Gasteiger partial charge in [0.2, 0.25) is 0 Å². The molecule has 0 spiro atoms. The number of nitro benzene ring substituents is 1. The number of carbonyl (C=O) groups is 1. The standard InChI is InChI=1S/C16H24N4O4/c1-10(2)18-8-13-5-4-11-6-12(9-24-16(21)17-3)15(20(22)23)7-14(11)19-13/h6-7,10,13,18-19H,4-5,8-9H2,1-3H3,(H,17,21). The van der Waals surface area contributed by atoms with Crippen molar-refractivity contribution in [2.45, 2.75) is 45.4 Å². The topological polar surface area (TPSA) is 106 Å². The molecule has 0 aliphatic carbocycles. The maximum atomic E-state index is 11.3. The highest BCUT2D eigenvalue weighted by atomic mass is 16.6. The summed E-state index contributed by atoms with van der Waals surface area (Å²) in [5.74, 6) is 0. The van der Waals surface area contributed by atoms with Gasteiger partial charge in [0.1, 0.15) is 6.61 Å². The second kappa shape index (κ2) is 7.96. The molecule has 8 nitrogen and oxygen atoms in total. The monoisotopic (exact) mass is 336 g/mol. The predicted molar refractivity (Wildman–Crippen MR) is 91.2 cm³/mol. The fraction of sp³-hybridized carbons (Fsp3) is 0.562. The van der Waals surface area contributed by atoms with Gasteiger partial charge in [-0.1, -0.05) is 13.8 Å². The van der Waals surface area contributed by atoms with E-state index in [2.05, 4.69) is 29.8 Å². The minimum Gasteiger partial charge on any atom is -0.444 e. The Labute approximate surface area is 141 Å². The highest BCUT2D eigenvalue weighted by molar-refractivity contribution is 5.67.